The number of likely N-dealkylation sites (tertiary alicyclic amines) is 1. The van der Waals surface area contributed by atoms with Gasteiger partial charge in [0.25, 0.3) is 0 Å². The minimum absolute atomic E-state index is 0.0323. The number of carbonyl (C=O) groups is 2. The number of carbonyl (C=O) groups excluding carboxylic acids is 2. The summed E-state index contributed by atoms with van der Waals surface area (Å²) in [5.74, 6) is 0.421. The summed E-state index contributed by atoms with van der Waals surface area (Å²) in [7, 11) is 0. The summed E-state index contributed by atoms with van der Waals surface area (Å²) in [4.78, 5) is 27.1. The van der Waals surface area contributed by atoms with Gasteiger partial charge in [-0.05, 0) is 30.4 Å². The standard InChI is InChI=1S/C23H24N2O2/c26-22(13-17-24-14-10-18-6-4-5-9-21(18)24)25-15-11-20(12-16-25)23(27)19-7-2-1-3-8-19/h1-10,14,20H,11-13,15-17H2. The fraction of sp³-hybridized carbons (Fsp3) is 0.304. The van der Waals surface area contributed by atoms with E-state index >= 15 is 0 Å². The van der Waals surface area contributed by atoms with Crippen LogP contribution in [0.2, 0.25) is 0 Å². The quantitative estimate of drug-likeness (QED) is 0.642. The molecule has 1 saturated heterocycles. The first-order chi connectivity index (χ1) is 13.2. The Labute approximate surface area is 159 Å². The number of benzene rings is 2. The first-order valence-corrected chi connectivity index (χ1v) is 9.63. The molecule has 2 aromatic carbocycles. The van der Waals surface area contributed by atoms with E-state index in [9.17, 15) is 9.59 Å². The molecule has 0 bridgehead atoms. The maximum absolute atomic E-state index is 12.6. The van der Waals surface area contributed by atoms with Crippen LogP contribution in [0.3, 0.4) is 0 Å². The van der Waals surface area contributed by atoms with Gasteiger partial charge in [0.1, 0.15) is 0 Å². The highest BCUT2D eigenvalue weighted by atomic mass is 16.2. The number of amides is 1. The summed E-state index contributed by atoms with van der Waals surface area (Å²) in [5, 5.41) is 1.20. The van der Waals surface area contributed by atoms with Crippen molar-refractivity contribution < 1.29 is 9.59 Å². The highest BCUT2D eigenvalue weighted by molar-refractivity contribution is 5.98. The van der Waals surface area contributed by atoms with Gasteiger partial charge in [-0.15, -0.1) is 0 Å². The molecule has 0 spiro atoms. The van der Waals surface area contributed by atoms with Gasteiger partial charge in [-0.3, -0.25) is 9.59 Å². The van der Waals surface area contributed by atoms with Crippen LogP contribution in [0.1, 0.15) is 29.6 Å². The summed E-state index contributed by atoms with van der Waals surface area (Å²) in [6.07, 6.45) is 4.05. The smallest absolute Gasteiger partial charge is 0.224 e. The Hall–Kier alpha value is -2.88. The third-order valence-electron chi connectivity index (χ3n) is 5.52. The number of hydrogen-bond acceptors (Lipinski definition) is 2. The first kappa shape index (κ1) is 17.5. The molecule has 4 rings (SSSR count). The van der Waals surface area contributed by atoms with Crippen LogP contribution in [0.5, 0.6) is 0 Å². The predicted molar refractivity (Wildman–Crippen MR) is 107 cm³/mol. The number of nitrogens with zero attached hydrogens (tertiary/aromatic N) is 2. The molecule has 4 heteroatoms. The monoisotopic (exact) mass is 360 g/mol. The maximum atomic E-state index is 12.6. The molecule has 0 aliphatic carbocycles. The fourth-order valence-corrected chi connectivity index (χ4v) is 3.94. The van der Waals surface area contributed by atoms with Crippen LogP contribution in [0.15, 0.2) is 66.9 Å². The molecule has 0 unspecified atom stereocenters. The Morgan fingerprint density at radius 3 is 2.37 bits per heavy atom. The Kier molecular flexibility index (Phi) is 5.05. The SMILES string of the molecule is O=C(c1ccccc1)C1CCN(C(=O)CCn2ccc3ccccc32)CC1. The van der Waals surface area contributed by atoms with Crippen LogP contribution in [-0.4, -0.2) is 34.2 Å². The summed E-state index contributed by atoms with van der Waals surface area (Å²) in [6.45, 7) is 2.04. The van der Waals surface area contributed by atoms with Crippen LogP contribution in [0.25, 0.3) is 10.9 Å². The van der Waals surface area contributed by atoms with E-state index in [1.54, 1.807) is 0 Å². The molecule has 1 amide bonds. The molecule has 1 fully saturated rings. The summed E-state index contributed by atoms with van der Waals surface area (Å²) < 4.78 is 2.14. The first-order valence-electron chi connectivity index (χ1n) is 9.63. The molecule has 4 nitrogen and oxygen atoms in total. The number of piperidine rings is 1. The molecule has 0 N–H and O–H groups in total. The third kappa shape index (κ3) is 3.80. The molecule has 1 aliphatic heterocycles. The lowest BCUT2D eigenvalue weighted by Gasteiger charge is -2.31. The normalized spacial score (nSPS) is 15.2. The van der Waals surface area contributed by atoms with E-state index in [1.807, 2.05) is 53.6 Å². The molecule has 0 atom stereocenters. The van der Waals surface area contributed by atoms with Gasteiger partial charge in [0.05, 0.1) is 0 Å². The minimum atomic E-state index is 0.0323. The van der Waals surface area contributed by atoms with E-state index < -0.39 is 0 Å². The zero-order chi connectivity index (χ0) is 18.6. The zero-order valence-electron chi connectivity index (χ0n) is 15.4. The number of aryl methyl sites for hydroxylation is 1. The highest BCUT2D eigenvalue weighted by Gasteiger charge is 2.27. The second-order valence-electron chi connectivity index (χ2n) is 7.20. The topological polar surface area (TPSA) is 42.3 Å². The van der Waals surface area contributed by atoms with E-state index in [-0.39, 0.29) is 17.6 Å². The van der Waals surface area contributed by atoms with Gasteiger partial charge in [-0.1, -0.05) is 48.5 Å². The van der Waals surface area contributed by atoms with E-state index in [2.05, 4.69) is 22.8 Å². The fourth-order valence-electron chi connectivity index (χ4n) is 3.94. The van der Waals surface area contributed by atoms with Crippen LogP contribution < -0.4 is 0 Å². The molecule has 0 radical (unpaired) electrons. The third-order valence-corrected chi connectivity index (χ3v) is 5.52. The van der Waals surface area contributed by atoms with Gasteiger partial charge in [-0.2, -0.15) is 0 Å². The van der Waals surface area contributed by atoms with Crippen molar-refractivity contribution in [2.45, 2.75) is 25.8 Å². The second kappa shape index (κ2) is 7.78. The number of ketones is 1. The molecule has 1 aliphatic rings. The van der Waals surface area contributed by atoms with E-state index in [0.717, 1.165) is 23.9 Å². The zero-order valence-corrected chi connectivity index (χ0v) is 15.4. The van der Waals surface area contributed by atoms with Crippen molar-refractivity contribution >= 4 is 22.6 Å². The van der Waals surface area contributed by atoms with Crippen molar-refractivity contribution in [3.8, 4) is 0 Å². The van der Waals surface area contributed by atoms with Gasteiger partial charge in [-0.25, -0.2) is 0 Å². The molecular weight excluding hydrogens is 336 g/mol. The van der Waals surface area contributed by atoms with Crippen LogP contribution in [-0.2, 0) is 11.3 Å². The van der Waals surface area contributed by atoms with Crippen molar-refractivity contribution in [2.24, 2.45) is 5.92 Å². The largest absolute Gasteiger partial charge is 0.347 e. The van der Waals surface area contributed by atoms with E-state index in [4.69, 9.17) is 0 Å². The average Bonchev–Trinajstić information content (AvgIpc) is 3.15. The number of aromatic nitrogens is 1. The van der Waals surface area contributed by atoms with Crippen molar-refractivity contribution in [1.82, 2.24) is 9.47 Å². The Balaban J connectivity index is 1.30. The number of para-hydroxylation sites is 1. The van der Waals surface area contributed by atoms with Crippen LogP contribution in [0, 0.1) is 5.92 Å². The van der Waals surface area contributed by atoms with Gasteiger partial charge < -0.3 is 9.47 Å². The highest BCUT2D eigenvalue weighted by Crippen LogP contribution is 2.22. The van der Waals surface area contributed by atoms with Crippen molar-refractivity contribution in [2.75, 3.05) is 13.1 Å². The van der Waals surface area contributed by atoms with Crippen molar-refractivity contribution in [1.29, 1.82) is 0 Å². The molecule has 2 heterocycles. The van der Waals surface area contributed by atoms with Crippen LogP contribution in [0.4, 0.5) is 0 Å². The van der Waals surface area contributed by atoms with Gasteiger partial charge in [0, 0.05) is 49.2 Å². The minimum Gasteiger partial charge on any atom is -0.347 e. The lowest BCUT2D eigenvalue weighted by Crippen LogP contribution is -2.40. The van der Waals surface area contributed by atoms with Gasteiger partial charge >= 0.3 is 0 Å². The number of fused-ring (bicyclic) bond motifs is 1. The van der Waals surface area contributed by atoms with Gasteiger partial charge in [0.15, 0.2) is 5.78 Å². The van der Waals surface area contributed by atoms with Crippen molar-refractivity contribution in [3.05, 3.63) is 72.4 Å². The lowest BCUT2D eigenvalue weighted by molar-refractivity contribution is -0.132. The lowest BCUT2D eigenvalue weighted by atomic mass is 9.89. The predicted octanol–water partition coefficient (Wildman–Crippen LogP) is 4.15. The molecule has 0 saturated carbocycles. The second-order valence-corrected chi connectivity index (χ2v) is 7.20. The van der Waals surface area contributed by atoms with E-state index in [0.29, 0.717) is 26.1 Å². The van der Waals surface area contributed by atoms with Crippen LogP contribution >= 0.6 is 0 Å². The number of hydrogen-bond donors (Lipinski definition) is 0. The molecule has 1 aromatic heterocycles. The molecule has 138 valence electrons. The molecular formula is C23H24N2O2. The average molecular weight is 360 g/mol. The van der Waals surface area contributed by atoms with Crippen molar-refractivity contribution in [3.63, 3.8) is 0 Å². The van der Waals surface area contributed by atoms with Gasteiger partial charge in [0.2, 0.25) is 5.91 Å². The molecule has 27 heavy (non-hydrogen) atoms. The number of Topliss-reactive ketones (excluding diaryl/α,β-unsaturated/α-hetero) is 1. The summed E-state index contributed by atoms with van der Waals surface area (Å²) in [6, 6.07) is 19.8. The Bertz CT molecular complexity index is 937. The summed E-state index contributed by atoms with van der Waals surface area (Å²) in [5.41, 5.74) is 1.94. The number of rotatable bonds is 5. The molecule has 3 aromatic rings. The summed E-state index contributed by atoms with van der Waals surface area (Å²) >= 11 is 0. The van der Waals surface area contributed by atoms with E-state index in [1.165, 1.54) is 5.39 Å². The Morgan fingerprint density at radius 2 is 1.59 bits per heavy atom. The Morgan fingerprint density at radius 1 is 0.889 bits per heavy atom. The maximum Gasteiger partial charge on any atom is 0.224 e.